The number of unbranched alkanes of at least 4 members (excludes halogenated alkanes) is 2. The molecule has 0 radical (unpaired) electrons. The van der Waals surface area contributed by atoms with E-state index in [1.807, 2.05) is 0 Å². The Morgan fingerprint density at radius 1 is 0.873 bits per heavy atom. The molecule has 1 fully saturated rings. The summed E-state index contributed by atoms with van der Waals surface area (Å²) in [6.07, 6.45) is 59.2. The first-order chi connectivity index (χ1) is 27.1. The topological polar surface area (TPSA) is 55.3 Å². The highest BCUT2D eigenvalue weighted by Gasteiger charge is 2.42. The van der Waals surface area contributed by atoms with E-state index < -0.39 is 0 Å². The van der Waals surface area contributed by atoms with Gasteiger partial charge in [0.1, 0.15) is 0 Å². The van der Waals surface area contributed by atoms with Gasteiger partial charge in [-0.05, 0) is 143 Å². The highest BCUT2D eigenvalue weighted by molar-refractivity contribution is 5.56. The molecule has 5 unspecified atom stereocenters. The van der Waals surface area contributed by atoms with Crippen LogP contribution in [0.25, 0.3) is 0 Å². The van der Waals surface area contributed by atoms with E-state index in [0.717, 1.165) is 38.5 Å². The Morgan fingerprint density at radius 3 is 2.53 bits per heavy atom. The first kappa shape index (κ1) is 39.6. The zero-order chi connectivity index (χ0) is 38.0. The van der Waals surface area contributed by atoms with Crippen molar-refractivity contribution in [1.82, 2.24) is 4.90 Å². The van der Waals surface area contributed by atoms with E-state index in [0.29, 0.717) is 42.7 Å². The fraction of sp³-hybridized carbons (Fsp3) is 0.500. The minimum Gasteiger partial charge on any atom is -0.327 e. The monoisotopic (exact) mass is 736 g/mol. The molecule has 3 nitrogen and oxygen atoms in total. The minimum atomic E-state index is 0.475. The molecule has 7 aliphatic rings. The number of hydrogen-bond acceptors (Lipinski definition) is 3. The van der Waals surface area contributed by atoms with Crippen LogP contribution in [0.3, 0.4) is 0 Å². The van der Waals surface area contributed by atoms with E-state index in [-0.39, 0.29) is 0 Å². The van der Waals surface area contributed by atoms with Crippen LogP contribution < -0.4 is 11.5 Å². The predicted octanol–water partition coefficient (Wildman–Crippen LogP) is 12.9. The van der Waals surface area contributed by atoms with Crippen LogP contribution in [0.15, 0.2) is 153 Å². The van der Waals surface area contributed by atoms with Gasteiger partial charge in [0.15, 0.2) is 0 Å². The van der Waals surface area contributed by atoms with Gasteiger partial charge >= 0.3 is 0 Å². The first-order valence-corrected chi connectivity index (χ1v) is 22.3. The van der Waals surface area contributed by atoms with E-state index in [4.69, 9.17) is 11.5 Å². The molecular weight excluding hydrogens is 667 g/mol. The van der Waals surface area contributed by atoms with Gasteiger partial charge < -0.3 is 16.4 Å². The summed E-state index contributed by atoms with van der Waals surface area (Å²) in [5, 5.41) is 0. The van der Waals surface area contributed by atoms with E-state index >= 15 is 0 Å². The van der Waals surface area contributed by atoms with Crippen molar-refractivity contribution >= 4 is 0 Å². The number of allylic oxidation sites excluding steroid dienone is 23. The smallest absolute Gasteiger partial charge is 0.0457 e. The van der Waals surface area contributed by atoms with Crippen molar-refractivity contribution in [2.75, 3.05) is 13.1 Å². The third-order valence-corrected chi connectivity index (χ3v) is 13.6. The van der Waals surface area contributed by atoms with E-state index in [1.165, 1.54) is 98.9 Å². The third-order valence-electron chi connectivity index (χ3n) is 13.6. The zero-order valence-electron chi connectivity index (χ0n) is 34.2. The van der Waals surface area contributed by atoms with Gasteiger partial charge in [-0.25, -0.2) is 0 Å². The Labute approximate surface area is 334 Å². The summed E-state index contributed by atoms with van der Waals surface area (Å²) < 4.78 is 0. The number of hydrogen-bond donors (Lipinski definition) is 2. The van der Waals surface area contributed by atoms with Gasteiger partial charge in [0.2, 0.25) is 0 Å². The predicted molar refractivity (Wildman–Crippen MR) is 235 cm³/mol. The van der Waals surface area contributed by atoms with Crippen LogP contribution in [-0.2, 0) is 0 Å². The molecule has 5 atom stereocenters. The third kappa shape index (κ3) is 9.49. The van der Waals surface area contributed by atoms with Crippen molar-refractivity contribution in [3.05, 3.63) is 153 Å². The highest BCUT2D eigenvalue weighted by Crippen LogP contribution is 2.53. The molecule has 292 valence electrons. The average Bonchev–Trinajstić information content (AvgIpc) is 3.56. The summed E-state index contributed by atoms with van der Waals surface area (Å²) in [5.74, 6) is 2.69. The molecule has 0 spiro atoms. The molecular formula is C52H69N3. The molecule has 4 N–H and O–H groups in total. The summed E-state index contributed by atoms with van der Waals surface area (Å²) in [4.78, 5) is 2.71. The fourth-order valence-corrected chi connectivity index (χ4v) is 10.3. The van der Waals surface area contributed by atoms with E-state index in [1.54, 1.807) is 27.9 Å². The zero-order valence-corrected chi connectivity index (χ0v) is 34.2. The van der Waals surface area contributed by atoms with Gasteiger partial charge in [-0.15, -0.1) is 0 Å². The van der Waals surface area contributed by atoms with Gasteiger partial charge in [-0.2, -0.15) is 0 Å². The number of rotatable bonds is 15. The Hall–Kier alpha value is -3.66. The van der Waals surface area contributed by atoms with Crippen molar-refractivity contribution in [2.24, 2.45) is 41.1 Å². The Morgan fingerprint density at radius 2 is 1.76 bits per heavy atom. The Bertz CT molecular complexity index is 1800. The molecule has 3 heteroatoms. The van der Waals surface area contributed by atoms with Crippen molar-refractivity contribution in [3.63, 3.8) is 0 Å². The van der Waals surface area contributed by atoms with Crippen LogP contribution in [-0.4, -0.2) is 18.0 Å². The van der Waals surface area contributed by atoms with E-state index in [9.17, 15) is 0 Å². The summed E-state index contributed by atoms with van der Waals surface area (Å²) in [5.41, 5.74) is 27.5. The lowest BCUT2D eigenvalue weighted by molar-refractivity contribution is 0.478. The summed E-state index contributed by atoms with van der Waals surface area (Å²) in [7, 11) is 0. The Balaban J connectivity index is 1.06. The lowest BCUT2D eigenvalue weighted by atomic mass is 9.71. The van der Waals surface area contributed by atoms with Crippen LogP contribution in [0.2, 0.25) is 0 Å². The molecule has 0 amide bonds. The van der Waals surface area contributed by atoms with Crippen molar-refractivity contribution < 1.29 is 0 Å². The fourth-order valence-electron chi connectivity index (χ4n) is 10.3. The van der Waals surface area contributed by atoms with Crippen LogP contribution in [0.1, 0.15) is 123 Å². The standard InChI is InChI=1S/C52H69N3/c1-3-5-8-14-38(4-2)16-13-17-47(37-54)44-27-26-41-33-43(25-24-42(41)34-44)46-29-31-50-49-30-28-45(40-22-20-39(21-23-40)15-9-7-12-32-53)35-51(49)55(52(50)36-46)48-18-10-6-11-19-48/h6-7,10,12-14,16-18,20,28,31,33-36,40-41,44,46,49H,3-5,8-9,11,15,19,21-27,29-30,32,37,53-54H2,1-2H3/b12-7-,16-13+,38-14+,47-17+. The minimum absolute atomic E-state index is 0.475. The van der Waals surface area contributed by atoms with Crippen LogP contribution >= 0.6 is 0 Å². The van der Waals surface area contributed by atoms with Crippen molar-refractivity contribution in [2.45, 2.75) is 123 Å². The second-order valence-electron chi connectivity index (χ2n) is 17.0. The normalized spacial score (nSPS) is 28.4. The molecule has 0 aromatic carbocycles. The summed E-state index contributed by atoms with van der Waals surface area (Å²) >= 11 is 0. The number of fused-ring (bicyclic) bond motifs is 4. The van der Waals surface area contributed by atoms with Gasteiger partial charge in [0, 0.05) is 42.0 Å². The average molecular weight is 736 g/mol. The van der Waals surface area contributed by atoms with E-state index in [2.05, 4.69) is 116 Å². The van der Waals surface area contributed by atoms with Crippen LogP contribution in [0.5, 0.6) is 0 Å². The second-order valence-corrected chi connectivity index (χ2v) is 17.0. The molecule has 0 aromatic heterocycles. The largest absolute Gasteiger partial charge is 0.327 e. The molecule has 6 aliphatic carbocycles. The van der Waals surface area contributed by atoms with Crippen LogP contribution in [0.4, 0.5) is 0 Å². The molecule has 0 aromatic rings. The van der Waals surface area contributed by atoms with Crippen molar-refractivity contribution in [1.29, 1.82) is 0 Å². The molecule has 1 saturated heterocycles. The van der Waals surface area contributed by atoms with Crippen LogP contribution in [0, 0.1) is 29.6 Å². The molecule has 55 heavy (non-hydrogen) atoms. The SMILES string of the molecule is CCCC/C=C(/C=C/C=C(\CN)C1C=C2CCC(C3C=C4C(=CC3)C3CC=C(C5CC=C(CC/C=C\CN)CC5)C=C3N4C3=CC=CCC3)=CC2CC1)CC. The second kappa shape index (κ2) is 19.5. The molecule has 0 bridgehead atoms. The first-order valence-electron chi connectivity index (χ1n) is 22.3. The van der Waals surface area contributed by atoms with Gasteiger partial charge in [0.25, 0.3) is 0 Å². The summed E-state index contributed by atoms with van der Waals surface area (Å²) in [6, 6.07) is 0. The maximum atomic E-state index is 6.37. The summed E-state index contributed by atoms with van der Waals surface area (Å²) in [6.45, 7) is 5.81. The number of nitrogens with zero attached hydrogens (tertiary/aromatic N) is 1. The van der Waals surface area contributed by atoms with Gasteiger partial charge in [-0.1, -0.05) is 134 Å². The molecule has 1 aliphatic heterocycles. The lowest BCUT2D eigenvalue weighted by Crippen LogP contribution is -2.23. The number of nitrogens with two attached hydrogens (primary N) is 2. The number of likely N-dealkylation sites (tertiary alicyclic amines) is 1. The molecule has 0 saturated carbocycles. The van der Waals surface area contributed by atoms with Crippen molar-refractivity contribution in [3.8, 4) is 0 Å². The maximum Gasteiger partial charge on any atom is 0.0457 e. The lowest BCUT2D eigenvalue weighted by Gasteiger charge is -2.35. The molecule has 1 heterocycles. The van der Waals surface area contributed by atoms with Gasteiger partial charge in [0.05, 0.1) is 0 Å². The Kier molecular flexibility index (Phi) is 14.0. The molecule has 7 rings (SSSR count). The quantitative estimate of drug-likeness (QED) is 0.100. The van der Waals surface area contributed by atoms with Gasteiger partial charge in [-0.3, -0.25) is 0 Å². The highest BCUT2D eigenvalue weighted by atomic mass is 15.2. The maximum absolute atomic E-state index is 6.37.